The molecule has 29 heavy (non-hydrogen) atoms. The maximum atomic E-state index is 12.6. The summed E-state index contributed by atoms with van der Waals surface area (Å²) in [5.74, 6) is -0.0276. The molecule has 1 aliphatic rings. The lowest BCUT2D eigenvalue weighted by molar-refractivity contribution is 0.0505. The van der Waals surface area contributed by atoms with Crippen LogP contribution in [0.3, 0.4) is 0 Å². The number of pyridine rings is 1. The molecule has 0 aromatic carbocycles. The second-order valence-electron chi connectivity index (χ2n) is 7.67. The van der Waals surface area contributed by atoms with Gasteiger partial charge in [0.2, 0.25) is 10.0 Å². The molecule has 0 bridgehead atoms. The van der Waals surface area contributed by atoms with E-state index in [4.69, 9.17) is 4.74 Å². The predicted octanol–water partition coefficient (Wildman–Crippen LogP) is 2.67. The Morgan fingerprint density at radius 3 is 2.72 bits per heavy atom. The van der Waals surface area contributed by atoms with Gasteiger partial charge < -0.3 is 14.6 Å². The number of hydrogen-bond acceptors (Lipinski definition) is 6. The minimum absolute atomic E-state index is 0.163. The molecule has 1 aliphatic carbocycles. The topological polar surface area (TPSA) is 104 Å². The number of rotatable bonds is 8. The van der Waals surface area contributed by atoms with Crippen LogP contribution in [0.5, 0.6) is 0 Å². The van der Waals surface area contributed by atoms with Crippen molar-refractivity contribution in [3.63, 3.8) is 0 Å². The highest BCUT2D eigenvalue weighted by atomic mass is 32.2. The van der Waals surface area contributed by atoms with Gasteiger partial charge >= 0.3 is 5.97 Å². The van der Waals surface area contributed by atoms with Crippen molar-refractivity contribution in [2.75, 3.05) is 31.4 Å². The normalized spacial score (nSPS) is 20.0. The molecule has 1 fully saturated rings. The van der Waals surface area contributed by atoms with E-state index < -0.39 is 10.0 Å². The number of carbonyl (C=O) groups is 1. The van der Waals surface area contributed by atoms with Crippen LogP contribution in [-0.4, -0.2) is 56.9 Å². The van der Waals surface area contributed by atoms with Crippen molar-refractivity contribution < 1.29 is 17.9 Å². The number of anilines is 1. The summed E-state index contributed by atoms with van der Waals surface area (Å²) in [6, 6.07) is 2.15. The second-order valence-corrected chi connectivity index (χ2v) is 9.64. The quantitative estimate of drug-likeness (QED) is 0.634. The molecule has 0 amide bonds. The van der Waals surface area contributed by atoms with E-state index in [1.165, 1.54) is 7.05 Å². The molecule has 8 nitrogen and oxygen atoms in total. The smallest absolute Gasteiger partial charge is 0.341 e. The molecule has 2 heterocycles. The SMILES string of the molecule is CCCOC(=O)c1cnc2[nH]ccc2c1N(C)[C@H]1CC[C@H](CS(=O)(=O)NC)CC1. The summed E-state index contributed by atoms with van der Waals surface area (Å²) in [5.41, 5.74) is 2.02. The summed E-state index contributed by atoms with van der Waals surface area (Å²) in [6.45, 7) is 2.33. The number of aromatic nitrogens is 2. The zero-order chi connectivity index (χ0) is 21.0. The molecule has 0 saturated heterocycles. The Hall–Kier alpha value is -2.13. The Labute approximate surface area is 172 Å². The second kappa shape index (κ2) is 9.13. The maximum absolute atomic E-state index is 12.6. The number of aromatic amines is 1. The molecule has 1 saturated carbocycles. The van der Waals surface area contributed by atoms with E-state index in [2.05, 4.69) is 19.6 Å². The van der Waals surface area contributed by atoms with Gasteiger partial charge in [0, 0.05) is 30.9 Å². The monoisotopic (exact) mass is 422 g/mol. The van der Waals surface area contributed by atoms with Crippen LogP contribution in [0.4, 0.5) is 5.69 Å². The van der Waals surface area contributed by atoms with Crippen molar-refractivity contribution in [2.24, 2.45) is 5.92 Å². The number of carbonyl (C=O) groups excluding carboxylic acids is 1. The first-order valence-corrected chi connectivity index (χ1v) is 11.8. The third-order valence-electron chi connectivity index (χ3n) is 5.70. The largest absolute Gasteiger partial charge is 0.462 e. The van der Waals surface area contributed by atoms with Crippen molar-refractivity contribution in [3.8, 4) is 0 Å². The van der Waals surface area contributed by atoms with Gasteiger partial charge in [0.1, 0.15) is 11.2 Å². The molecule has 9 heteroatoms. The minimum atomic E-state index is -3.19. The number of ether oxygens (including phenoxy) is 1. The van der Waals surface area contributed by atoms with E-state index in [9.17, 15) is 13.2 Å². The van der Waals surface area contributed by atoms with Gasteiger partial charge in [-0.1, -0.05) is 6.92 Å². The lowest BCUT2D eigenvalue weighted by Crippen LogP contribution is -2.38. The average Bonchev–Trinajstić information content (AvgIpc) is 3.20. The fraction of sp³-hybridized carbons (Fsp3) is 0.600. The molecule has 0 aliphatic heterocycles. The van der Waals surface area contributed by atoms with Crippen molar-refractivity contribution in [1.29, 1.82) is 0 Å². The lowest BCUT2D eigenvalue weighted by Gasteiger charge is -2.36. The number of H-pyrrole nitrogens is 1. The Morgan fingerprint density at radius 2 is 2.07 bits per heavy atom. The Morgan fingerprint density at radius 1 is 1.34 bits per heavy atom. The number of hydrogen-bond donors (Lipinski definition) is 2. The number of nitrogens with zero attached hydrogens (tertiary/aromatic N) is 2. The maximum Gasteiger partial charge on any atom is 0.341 e. The van der Waals surface area contributed by atoms with Gasteiger partial charge in [-0.3, -0.25) is 0 Å². The van der Waals surface area contributed by atoms with E-state index >= 15 is 0 Å². The van der Waals surface area contributed by atoms with E-state index in [-0.39, 0.29) is 23.7 Å². The molecular weight excluding hydrogens is 392 g/mol. The van der Waals surface area contributed by atoms with Crippen molar-refractivity contribution in [3.05, 3.63) is 24.0 Å². The van der Waals surface area contributed by atoms with Crippen molar-refractivity contribution in [1.82, 2.24) is 14.7 Å². The molecule has 2 aromatic rings. The van der Waals surface area contributed by atoms with Gasteiger partial charge in [-0.25, -0.2) is 22.9 Å². The fourth-order valence-electron chi connectivity index (χ4n) is 4.07. The number of nitrogens with one attached hydrogen (secondary N) is 2. The molecule has 0 spiro atoms. The van der Waals surface area contributed by atoms with Crippen LogP contribution in [0.15, 0.2) is 18.5 Å². The molecular formula is C20H30N4O4S. The molecule has 2 aromatic heterocycles. The first-order valence-electron chi connectivity index (χ1n) is 10.1. The first-order chi connectivity index (χ1) is 13.9. The van der Waals surface area contributed by atoms with Gasteiger partial charge in [0.05, 0.1) is 18.0 Å². The third-order valence-corrected chi connectivity index (χ3v) is 7.23. The van der Waals surface area contributed by atoms with Gasteiger partial charge in [0.15, 0.2) is 0 Å². The van der Waals surface area contributed by atoms with Crippen LogP contribution >= 0.6 is 0 Å². The average molecular weight is 423 g/mol. The molecule has 0 atom stereocenters. The summed E-state index contributed by atoms with van der Waals surface area (Å²) in [5, 5.41) is 0.887. The Kier molecular flexibility index (Phi) is 6.79. The lowest BCUT2D eigenvalue weighted by atomic mass is 9.86. The van der Waals surface area contributed by atoms with Gasteiger partial charge in [-0.05, 0) is 51.1 Å². The summed E-state index contributed by atoms with van der Waals surface area (Å²) in [6.07, 6.45) is 7.58. The number of esters is 1. The Balaban J connectivity index is 1.81. The predicted molar refractivity (Wildman–Crippen MR) is 114 cm³/mol. The zero-order valence-corrected chi connectivity index (χ0v) is 18.1. The molecule has 160 valence electrons. The third kappa shape index (κ3) is 4.90. The van der Waals surface area contributed by atoms with Crippen LogP contribution < -0.4 is 9.62 Å². The van der Waals surface area contributed by atoms with Crippen LogP contribution in [0.1, 0.15) is 49.4 Å². The molecule has 3 rings (SSSR count). The summed E-state index contributed by atoms with van der Waals surface area (Å²) in [7, 11) is 0.257. The van der Waals surface area contributed by atoms with Crippen LogP contribution in [0, 0.1) is 5.92 Å². The summed E-state index contributed by atoms with van der Waals surface area (Å²) >= 11 is 0. The van der Waals surface area contributed by atoms with E-state index in [1.807, 2.05) is 26.2 Å². The zero-order valence-electron chi connectivity index (χ0n) is 17.3. The van der Waals surface area contributed by atoms with E-state index in [0.29, 0.717) is 12.2 Å². The van der Waals surface area contributed by atoms with Crippen LogP contribution in [-0.2, 0) is 14.8 Å². The van der Waals surface area contributed by atoms with Crippen LogP contribution in [0.25, 0.3) is 11.0 Å². The number of fused-ring (bicyclic) bond motifs is 1. The van der Waals surface area contributed by atoms with E-state index in [0.717, 1.165) is 48.8 Å². The molecule has 0 radical (unpaired) electrons. The standard InChI is InChI=1S/C20H30N4O4S/c1-4-11-28-20(25)17-12-23-19-16(9-10-22-19)18(17)24(3)15-7-5-14(6-8-15)13-29(26,27)21-2/h9-10,12,14-15,21H,4-8,11,13H2,1-3H3,(H,22,23)/t14-,15-. The highest BCUT2D eigenvalue weighted by Crippen LogP contribution is 2.35. The summed E-state index contributed by atoms with van der Waals surface area (Å²) < 4.78 is 31.5. The van der Waals surface area contributed by atoms with Gasteiger partial charge in [-0.2, -0.15) is 0 Å². The highest BCUT2D eigenvalue weighted by Gasteiger charge is 2.30. The highest BCUT2D eigenvalue weighted by molar-refractivity contribution is 7.89. The van der Waals surface area contributed by atoms with Crippen molar-refractivity contribution >= 4 is 32.7 Å². The number of sulfonamides is 1. The van der Waals surface area contributed by atoms with Gasteiger partial charge in [0.25, 0.3) is 0 Å². The Bertz CT molecular complexity index is 949. The fourth-order valence-corrected chi connectivity index (χ4v) is 5.19. The van der Waals surface area contributed by atoms with Crippen LogP contribution in [0.2, 0.25) is 0 Å². The first kappa shape index (κ1) is 21.6. The molecule has 0 unspecified atom stereocenters. The minimum Gasteiger partial charge on any atom is -0.462 e. The van der Waals surface area contributed by atoms with E-state index in [1.54, 1.807) is 6.20 Å². The van der Waals surface area contributed by atoms with Gasteiger partial charge in [-0.15, -0.1) is 0 Å². The summed E-state index contributed by atoms with van der Waals surface area (Å²) in [4.78, 5) is 22.3. The van der Waals surface area contributed by atoms with Crippen molar-refractivity contribution in [2.45, 2.75) is 45.1 Å². The molecule has 2 N–H and O–H groups in total.